The molecule has 3 heterocycles. The first-order chi connectivity index (χ1) is 14.2. The summed E-state index contributed by atoms with van der Waals surface area (Å²) in [5.41, 5.74) is 1.31. The minimum atomic E-state index is -0.598. The van der Waals surface area contributed by atoms with Crippen LogP contribution in [0, 0.1) is 10.1 Å². The molecule has 10 heteroatoms. The van der Waals surface area contributed by atoms with Crippen LogP contribution >= 0.6 is 0 Å². The fourth-order valence-corrected chi connectivity index (χ4v) is 3.03. The standard InChI is InChI=1S/C19H11N7O3/c27-26(28)17-18(25-14-8-2-1-7-13(14)23-24-25)21-11-22-19(17)29-15-9-3-5-12-6-4-10-20-16(12)15/h1-11H. The van der Waals surface area contributed by atoms with E-state index >= 15 is 0 Å². The van der Waals surface area contributed by atoms with Gasteiger partial charge in [-0.15, -0.1) is 5.10 Å². The highest BCUT2D eigenvalue weighted by molar-refractivity contribution is 5.84. The summed E-state index contributed by atoms with van der Waals surface area (Å²) in [6.07, 6.45) is 2.81. The maximum Gasteiger partial charge on any atom is 0.375 e. The SMILES string of the molecule is O=[N+]([O-])c1c(Oc2cccc3cccnc23)ncnc1-n1nnc2ccccc21. The second-order valence-corrected chi connectivity index (χ2v) is 6.03. The molecule has 0 unspecified atom stereocenters. The molecule has 0 radical (unpaired) electrons. The van der Waals surface area contributed by atoms with E-state index in [0.717, 1.165) is 5.39 Å². The number of rotatable bonds is 4. The fraction of sp³-hybridized carbons (Fsp3) is 0. The predicted octanol–water partition coefficient (Wildman–Crippen LogP) is 3.46. The quantitative estimate of drug-likeness (QED) is 0.340. The molecule has 0 bridgehead atoms. The molecule has 0 N–H and O–H groups in total. The van der Waals surface area contributed by atoms with Crippen molar-refractivity contribution in [1.82, 2.24) is 29.9 Å². The first-order valence-electron chi connectivity index (χ1n) is 8.54. The monoisotopic (exact) mass is 385 g/mol. The zero-order valence-corrected chi connectivity index (χ0v) is 14.7. The van der Waals surface area contributed by atoms with Crippen LogP contribution in [0.4, 0.5) is 5.69 Å². The molecule has 5 rings (SSSR count). The maximum absolute atomic E-state index is 11.9. The van der Waals surface area contributed by atoms with E-state index in [1.165, 1.54) is 11.0 Å². The zero-order chi connectivity index (χ0) is 19.8. The van der Waals surface area contributed by atoms with Gasteiger partial charge >= 0.3 is 11.6 Å². The molecule has 2 aromatic carbocycles. The number of nitro groups is 1. The van der Waals surface area contributed by atoms with E-state index in [9.17, 15) is 10.1 Å². The van der Waals surface area contributed by atoms with Crippen LogP contribution in [0.25, 0.3) is 27.8 Å². The average Bonchev–Trinajstić information content (AvgIpc) is 3.18. The van der Waals surface area contributed by atoms with Gasteiger partial charge in [0.05, 0.1) is 10.4 Å². The number of benzene rings is 2. The van der Waals surface area contributed by atoms with Crippen molar-refractivity contribution in [3.05, 3.63) is 77.2 Å². The van der Waals surface area contributed by atoms with E-state index in [4.69, 9.17) is 4.74 Å². The summed E-state index contributed by atoms with van der Waals surface area (Å²) in [5.74, 6) is 0.0962. The second-order valence-electron chi connectivity index (χ2n) is 6.03. The van der Waals surface area contributed by atoms with Crippen LogP contribution in [0.5, 0.6) is 11.6 Å². The van der Waals surface area contributed by atoms with E-state index < -0.39 is 10.6 Å². The van der Waals surface area contributed by atoms with Crippen molar-refractivity contribution in [3.8, 4) is 17.4 Å². The lowest BCUT2D eigenvalue weighted by atomic mass is 10.2. The molecule has 5 aromatic rings. The lowest BCUT2D eigenvalue weighted by Crippen LogP contribution is -2.07. The third-order valence-corrected chi connectivity index (χ3v) is 4.31. The van der Waals surface area contributed by atoms with Crippen molar-refractivity contribution in [3.63, 3.8) is 0 Å². The maximum atomic E-state index is 11.9. The molecule has 0 atom stereocenters. The van der Waals surface area contributed by atoms with Crippen LogP contribution in [0.2, 0.25) is 0 Å². The normalized spacial score (nSPS) is 11.0. The smallest absolute Gasteiger partial charge is 0.375 e. The summed E-state index contributed by atoms with van der Waals surface area (Å²) in [7, 11) is 0. The molecule has 140 valence electrons. The van der Waals surface area contributed by atoms with Gasteiger partial charge < -0.3 is 4.74 Å². The first kappa shape index (κ1) is 16.7. The minimum Gasteiger partial charge on any atom is -0.431 e. The summed E-state index contributed by atoms with van der Waals surface area (Å²) in [5, 5.41) is 20.8. The van der Waals surface area contributed by atoms with Gasteiger partial charge in [0.15, 0.2) is 5.75 Å². The Bertz CT molecular complexity index is 1380. The number of ether oxygens (including phenoxy) is 1. The molecule has 29 heavy (non-hydrogen) atoms. The van der Waals surface area contributed by atoms with Crippen LogP contribution in [0.3, 0.4) is 0 Å². The number of aromatic nitrogens is 6. The van der Waals surface area contributed by atoms with Crippen molar-refractivity contribution in [1.29, 1.82) is 0 Å². The van der Waals surface area contributed by atoms with E-state index in [1.807, 2.05) is 12.1 Å². The number of hydrogen-bond acceptors (Lipinski definition) is 8. The van der Waals surface area contributed by atoms with Crippen molar-refractivity contribution < 1.29 is 9.66 Å². The van der Waals surface area contributed by atoms with Gasteiger partial charge in [0.2, 0.25) is 5.82 Å². The zero-order valence-electron chi connectivity index (χ0n) is 14.7. The Labute approximate surface area is 162 Å². The Morgan fingerprint density at radius 3 is 2.72 bits per heavy atom. The minimum absolute atomic E-state index is 0.0399. The van der Waals surface area contributed by atoms with Gasteiger partial charge in [-0.2, -0.15) is 9.67 Å². The predicted molar refractivity (Wildman–Crippen MR) is 103 cm³/mol. The summed E-state index contributed by atoms with van der Waals surface area (Å²) in [6.45, 7) is 0. The van der Waals surface area contributed by atoms with Crippen molar-refractivity contribution in [2.45, 2.75) is 0 Å². The summed E-state index contributed by atoms with van der Waals surface area (Å²) in [4.78, 5) is 23.7. The molecule has 0 aliphatic carbocycles. The fourth-order valence-electron chi connectivity index (χ4n) is 3.03. The molecular formula is C19H11N7O3. The van der Waals surface area contributed by atoms with Gasteiger partial charge in [-0.1, -0.05) is 35.5 Å². The molecule has 0 spiro atoms. The van der Waals surface area contributed by atoms with Gasteiger partial charge in [0, 0.05) is 11.6 Å². The van der Waals surface area contributed by atoms with Gasteiger partial charge in [-0.3, -0.25) is 15.1 Å². The van der Waals surface area contributed by atoms with Crippen LogP contribution in [-0.4, -0.2) is 34.9 Å². The topological polar surface area (TPSA) is 122 Å². The Kier molecular flexibility index (Phi) is 3.80. The van der Waals surface area contributed by atoms with Crippen molar-refractivity contribution in [2.75, 3.05) is 0 Å². The summed E-state index contributed by atoms with van der Waals surface area (Å²) < 4.78 is 7.11. The number of fused-ring (bicyclic) bond motifs is 2. The van der Waals surface area contributed by atoms with E-state index in [-0.39, 0.29) is 11.7 Å². The van der Waals surface area contributed by atoms with Crippen LogP contribution < -0.4 is 4.74 Å². The summed E-state index contributed by atoms with van der Waals surface area (Å²) in [6, 6.07) is 16.1. The van der Waals surface area contributed by atoms with Crippen molar-refractivity contribution >= 4 is 27.6 Å². The molecule has 0 aliphatic heterocycles. The molecule has 0 saturated carbocycles. The largest absolute Gasteiger partial charge is 0.431 e. The van der Waals surface area contributed by atoms with E-state index in [1.54, 1.807) is 48.7 Å². The molecule has 0 amide bonds. The third-order valence-electron chi connectivity index (χ3n) is 4.31. The van der Waals surface area contributed by atoms with Gasteiger partial charge in [0.25, 0.3) is 0 Å². The van der Waals surface area contributed by atoms with Crippen LogP contribution in [0.15, 0.2) is 67.1 Å². The third kappa shape index (κ3) is 2.79. The number of nitrogens with zero attached hydrogens (tertiary/aromatic N) is 7. The number of hydrogen-bond donors (Lipinski definition) is 0. The van der Waals surface area contributed by atoms with E-state index in [2.05, 4.69) is 25.3 Å². The number of para-hydroxylation sites is 2. The summed E-state index contributed by atoms with van der Waals surface area (Å²) >= 11 is 0. The van der Waals surface area contributed by atoms with Gasteiger partial charge in [-0.25, -0.2) is 4.98 Å². The molecule has 0 aliphatic rings. The van der Waals surface area contributed by atoms with Crippen molar-refractivity contribution in [2.24, 2.45) is 0 Å². The number of pyridine rings is 1. The molecule has 3 aromatic heterocycles. The van der Waals surface area contributed by atoms with Gasteiger partial charge in [0.1, 0.15) is 17.4 Å². The highest BCUT2D eigenvalue weighted by Gasteiger charge is 2.28. The molecule has 0 fully saturated rings. The average molecular weight is 385 g/mol. The van der Waals surface area contributed by atoms with Crippen LogP contribution in [0.1, 0.15) is 0 Å². The second kappa shape index (κ2) is 6.60. The Balaban J connectivity index is 1.68. The lowest BCUT2D eigenvalue weighted by molar-refractivity contribution is -0.386. The van der Waals surface area contributed by atoms with Gasteiger partial charge in [-0.05, 0) is 24.3 Å². The Hall–Kier alpha value is -4.47. The molecule has 10 nitrogen and oxygen atoms in total. The molecule has 0 saturated heterocycles. The Morgan fingerprint density at radius 1 is 0.966 bits per heavy atom. The lowest BCUT2D eigenvalue weighted by Gasteiger charge is -2.09. The van der Waals surface area contributed by atoms with Crippen LogP contribution in [-0.2, 0) is 0 Å². The van der Waals surface area contributed by atoms with E-state index in [0.29, 0.717) is 22.3 Å². The molecular weight excluding hydrogens is 374 g/mol. The Morgan fingerprint density at radius 2 is 1.83 bits per heavy atom. The first-order valence-corrected chi connectivity index (χ1v) is 8.54. The highest BCUT2D eigenvalue weighted by Crippen LogP contribution is 2.35. The highest BCUT2D eigenvalue weighted by atomic mass is 16.6.